The molecule has 2 aliphatic rings. The number of ether oxygens (including phenoxy) is 1. The molecule has 62 valence electrons. The second kappa shape index (κ2) is 2.48. The van der Waals surface area contributed by atoms with Gasteiger partial charge in [-0.2, -0.15) is 0 Å². The maximum atomic E-state index is 11.1. The number of carbonyl (C=O) groups excluding carboxylic acids is 1. The summed E-state index contributed by atoms with van der Waals surface area (Å²) in [4.78, 5) is 11.1. The Morgan fingerprint density at radius 2 is 2.36 bits per heavy atom. The molecule has 0 aromatic carbocycles. The van der Waals surface area contributed by atoms with E-state index in [1.807, 2.05) is 0 Å². The van der Waals surface area contributed by atoms with Gasteiger partial charge in [0.25, 0.3) is 0 Å². The van der Waals surface area contributed by atoms with Crippen molar-refractivity contribution in [2.24, 2.45) is 5.92 Å². The zero-order chi connectivity index (χ0) is 7.84. The third-order valence-electron chi connectivity index (χ3n) is 2.81. The first-order valence-electron chi connectivity index (χ1n) is 4.15. The van der Waals surface area contributed by atoms with E-state index in [1.54, 1.807) is 0 Å². The van der Waals surface area contributed by atoms with Crippen molar-refractivity contribution in [3.05, 3.63) is 0 Å². The van der Waals surface area contributed by atoms with Crippen LogP contribution in [0.1, 0.15) is 19.3 Å². The summed E-state index contributed by atoms with van der Waals surface area (Å²) in [6, 6.07) is 0.586. The monoisotopic (exact) mass is 155 g/mol. The predicted molar refractivity (Wildman–Crippen MR) is 40.1 cm³/mol. The lowest BCUT2D eigenvalue weighted by atomic mass is 10.0. The van der Waals surface area contributed by atoms with Crippen molar-refractivity contribution in [3.63, 3.8) is 0 Å². The van der Waals surface area contributed by atoms with Gasteiger partial charge in [0, 0.05) is 6.04 Å². The first-order valence-corrected chi connectivity index (χ1v) is 4.15. The summed E-state index contributed by atoms with van der Waals surface area (Å²) in [5.74, 6) is 0.463. The Balaban J connectivity index is 2.02. The standard InChI is InChI=1S/C8H13NO2/c1-11-8(10)7-5-2-3-6(4-5)9-7/h5-7,9H,2-4H2,1H3/t5-,6-,7+/m0/s1. The van der Waals surface area contributed by atoms with Crippen LogP contribution in [-0.4, -0.2) is 25.2 Å². The Labute approximate surface area is 66.1 Å². The van der Waals surface area contributed by atoms with E-state index in [0.717, 1.165) is 0 Å². The summed E-state index contributed by atoms with van der Waals surface area (Å²) < 4.78 is 4.69. The maximum absolute atomic E-state index is 11.1. The number of carbonyl (C=O) groups is 1. The lowest BCUT2D eigenvalue weighted by Crippen LogP contribution is -2.42. The lowest BCUT2D eigenvalue weighted by Gasteiger charge is -2.20. The van der Waals surface area contributed by atoms with Gasteiger partial charge >= 0.3 is 5.97 Å². The summed E-state index contributed by atoms with van der Waals surface area (Å²) in [5, 5.41) is 3.27. The van der Waals surface area contributed by atoms with Crippen LogP contribution in [0.25, 0.3) is 0 Å². The molecule has 2 bridgehead atoms. The molecule has 0 spiro atoms. The summed E-state index contributed by atoms with van der Waals surface area (Å²) in [5.41, 5.74) is 0. The van der Waals surface area contributed by atoms with Crippen LogP contribution in [0, 0.1) is 5.92 Å². The minimum absolute atomic E-state index is 0.00116. The highest BCUT2D eigenvalue weighted by Crippen LogP contribution is 2.35. The van der Waals surface area contributed by atoms with Crippen LogP contribution in [0.15, 0.2) is 0 Å². The molecule has 0 amide bonds. The quantitative estimate of drug-likeness (QED) is 0.553. The number of methoxy groups -OCH3 is 1. The third kappa shape index (κ3) is 1.03. The van der Waals surface area contributed by atoms with Crippen molar-refractivity contribution in [3.8, 4) is 0 Å². The van der Waals surface area contributed by atoms with Gasteiger partial charge in [-0.15, -0.1) is 0 Å². The second-order valence-corrected chi connectivity index (χ2v) is 3.44. The van der Waals surface area contributed by atoms with Gasteiger partial charge in [-0.3, -0.25) is 4.79 Å². The number of piperidine rings is 1. The molecule has 1 heterocycles. The molecule has 1 saturated carbocycles. The molecule has 11 heavy (non-hydrogen) atoms. The molecule has 2 rings (SSSR count). The Bertz CT molecular complexity index is 181. The van der Waals surface area contributed by atoms with E-state index in [4.69, 9.17) is 0 Å². The smallest absolute Gasteiger partial charge is 0.323 e. The first kappa shape index (κ1) is 7.10. The molecule has 1 aliphatic carbocycles. The number of rotatable bonds is 1. The molecule has 1 saturated heterocycles. The van der Waals surface area contributed by atoms with E-state index in [1.165, 1.54) is 26.4 Å². The molecule has 0 radical (unpaired) electrons. The molecule has 1 aliphatic heterocycles. The van der Waals surface area contributed by atoms with Gasteiger partial charge < -0.3 is 10.1 Å². The highest BCUT2D eigenvalue weighted by Gasteiger charge is 2.43. The number of hydrogen-bond donors (Lipinski definition) is 1. The molecule has 2 fully saturated rings. The van der Waals surface area contributed by atoms with Gasteiger partial charge in [-0.05, 0) is 25.2 Å². The summed E-state index contributed by atoms with van der Waals surface area (Å²) in [7, 11) is 1.45. The average Bonchev–Trinajstić information content (AvgIpc) is 2.62. The number of fused-ring (bicyclic) bond motifs is 2. The molecule has 0 aromatic heterocycles. The molecule has 3 heteroatoms. The fourth-order valence-corrected chi connectivity index (χ4v) is 2.25. The van der Waals surface area contributed by atoms with Crippen LogP contribution in [0.2, 0.25) is 0 Å². The van der Waals surface area contributed by atoms with E-state index in [2.05, 4.69) is 10.1 Å². The minimum Gasteiger partial charge on any atom is -0.468 e. The van der Waals surface area contributed by atoms with Crippen LogP contribution >= 0.6 is 0 Å². The Hall–Kier alpha value is -0.570. The largest absolute Gasteiger partial charge is 0.468 e. The second-order valence-electron chi connectivity index (χ2n) is 3.44. The highest BCUT2D eigenvalue weighted by atomic mass is 16.5. The Morgan fingerprint density at radius 1 is 1.55 bits per heavy atom. The van der Waals surface area contributed by atoms with Crippen LogP contribution < -0.4 is 5.32 Å². The molecule has 1 N–H and O–H groups in total. The van der Waals surface area contributed by atoms with E-state index in [9.17, 15) is 4.79 Å². The molecule has 0 aromatic rings. The number of nitrogens with one attached hydrogen (secondary N) is 1. The lowest BCUT2D eigenvalue weighted by molar-refractivity contribution is -0.144. The van der Waals surface area contributed by atoms with Crippen molar-refractivity contribution in [2.45, 2.75) is 31.3 Å². The van der Waals surface area contributed by atoms with Gasteiger partial charge in [-0.25, -0.2) is 0 Å². The molecular formula is C8H13NO2. The summed E-state index contributed by atoms with van der Waals surface area (Å²) >= 11 is 0. The zero-order valence-corrected chi connectivity index (χ0v) is 6.67. The first-order chi connectivity index (χ1) is 5.31. The van der Waals surface area contributed by atoms with Gasteiger partial charge in [-0.1, -0.05) is 0 Å². The fraction of sp³-hybridized carbons (Fsp3) is 0.875. The summed E-state index contributed by atoms with van der Waals surface area (Å²) in [6.45, 7) is 0. The molecular weight excluding hydrogens is 142 g/mol. The van der Waals surface area contributed by atoms with Gasteiger partial charge in [0.2, 0.25) is 0 Å². The van der Waals surface area contributed by atoms with E-state index < -0.39 is 0 Å². The molecule has 3 nitrogen and oxygen atoms in total. The van der Waals surface area contributed by atoms with E-state index in [-0.39, 0.29) is 12.0 Å². The van der Waals surface area contributed by atoms with Crippen LogP contribution in [0.4, 0.5) is 0 Å². The van der Waals surface area contributed by atoms with E-state index in [0.29, 0.717) is 12.0 Å². The van der Waals surface area contributed by atoms with Crippen molar-refractivity contribution in [1.29, 1.82) is 0 Å². The fourth-order valence-electron chi connectivity index (χ4n) is 2.25. The topological polar surface area (TPSA) is 38.3 Å². The van der Waals surface area contributed by atoms with Gasteiger partial charge in [0.05, 0.1) is 7.11 Å². The van der Waals surface area contributed by atoms with Gasteiger partial charge in [0.15, 0.2) is 0 Å². The summed E-state index contributed by atoms with van der Waals surface area (Å²) in [6.07, 6.45) is 3.59. The predicted octanol–water partition coefficient (Wildman–Crippen LogP) is 0.300. The number of hydrogen-bond acceptors (Lipinski definition) is 3. The Morgan fingerprint density at radius 3 is 2.82 bits per heavy atom. The average molecular weight is 155 g/mol. The van der Waals surface area contributed by atoms with Crippen LogP contribution in [0.5, 0.6) is 0 Å². The third-order valence-corrected chi connectivity index (χ3v) is 2.81. The van der Waals surface area contributed by atoms with Gasteiger partial charge in [0.1, 0.15) is 6.04 Å². The number of esters is 1. The van der Waals surface area contributed by atoms with Crippen molar-refractivity contribution < 1.29 is 9.53 Å². The van der Waals surface area contributed by atoms with Crippen molar-refractivity contribution in [2.75, 3.05) is 7.11 Å². The molecule has 0 unspecified atom stereocenters. The minimum atomic E-state index is -0.0859. The zero-order valence-electron chi connectivity index (χ0n) is 6.67. The SMILES string of the molecule is COC(=O)[C@@H]1N[C@H]2CC[C@H]1C2. The molecule has 3 atom stereocenters. The van der Waals surface area contributed by atoms with Crippen molar-refractivity contribution >= 4 is 5.97 Å². The van der Waals surface area contributed by atoms with Crippen molar-refractivity contribution in [1.82, 2.24) is 5.32 Å². The van der Waals surface area contributed by atoms with Crippen LogP contribution in [-0.2, 0) is 9.53 Å². The Kier molecular flexibility index (Phi) is 1.60. The highest BCUT2D eigenvalue weighted by molar-refractivity contribution is 5.76. The normalized spacial score (nSPS) is 41.0. The van der Waals surface area contributed by atoms with E-state index >= 15 is 0 Å². The maximum Gasteiger partial charge on any atom is 0.323 e. The van der Waals surface area contributed by atoms with Crippen LogP contribution in [0.3, 0.4) is 0 Å².